The average molecular weight is 285 g/mol. The normalized spacial score (nSPS) is 17.2. The fourth-order valence-electron chi connectivity index (χ4n) is 2.39. The lowest BCUT2D eigenvalue weighted by atomic mass is 9.91. The van der Waals surface area contributed by atoms with Gasteiger partial charge in [-0.1, -0.05) is 24.8 Å². The second-order valence-corrected chi connectivity index (χ2v) is 5.62. The van der Waals surface area contributed by atoms with Crippen LogP contribution in [-0.2, 0) is 4.79 Å². The number of carbonyl (C=O) groups excluding carboxylic acids is 1. The molecule has 0 fully saturated rings. The number of carbonyl (C=O) groups is 1. The SMILES string of the molecule is C=CCOc1ccc([C@H]2CC(=O)Nc3ccsc32)cc1. The molecular formula is C16H15NO2S. The van der Waals surface area contributed by atoms with Gasteiger partial charge in [-0.2, -0.15) is 0 Å². The van der Waals surface area contributed by atoms with Crippen molar-refractivity contribution in [2.24, 2.45) is 0 Å². The van der Waals surface area contributed by atoms with Crippen molar-refractivity contribution < 1.29 is 9.53 Å². The third kappa shape index (κ3) is 2.47. The van der Waals surface area contributed by atoms with E-state index >= 15 is 0 Å². The number of thiophene rings is 1. The number of rotatable bonds is 4. The number of benzene rings is 1. The van der Waals surface area contributed by atoms with Crippen molar-refractivity contribution in [1.82, 2.24) is 0 Å². The van der Waals surface area contributed by atoms with Crippen molar-refractivity contribution in [3.05, 3.63) is 58.8 Å². The van der Waals surface area contributed by atoms with E-state index in [4.69, 9.17) is 4.74 Å². The van der Waals surface area contributed by atoms with Gasteiger partial charge in [-0.3, -0.25) is 4.79 Å². The fourth-order valence-corrected chi connectivity index (χ4v) is 3.37. The highest BCUT2D eigenvalue weighted by atomic mass is 32.1. The van der Waals surface area contributed by atoms with Gasteiger partial charge in [-0.15, -0.1) is 11.3 Å². The molecule has 0 aliphatic carbocycles. The first-order chi connectivity index (χ1) is 9.78. The minimum Gasteiger partial charge on any atom is -0.490 e. The van der Waals surface area contributed by atoms with Crippen LogP contribution in [0.5, 0.6) is 5.75 Å². The highest BCUT2D eigenvalue weighted by molar-refractivity contribution is 7.10. The van der Waals surface area contributed by atoms with Gasteiger partial charge < -0.3 is 10.1 Å². The number of anilines is 1. The summed E-state index contributed by atoms with van der Waals surface area (Å²) in [7, 11) is 0. The lowest BCUT2D eigenvalue weighted by Crippen LogP contribution is -2.21. The molecule has 2 aromatic rings. The Labute approximate surface area is 121 Å². The predicted octanol–water partition coefficient (Wildman–Crippen LogP) is 3.79. The summed E-state index contributed by atoms with van der Waals surface area (Å²) in [5.74, 6) is 1.04. The fraction of sp³-hybridized carbons (Fsp3) is 0.188. The van der Waals surface area contributed by atoms with E-state index in [1.807, 2.05) is 35.7 Å². The quantitative estimate of drug-likeness (QED) is 0.868. The Bertz CT molecular complexity index is 630. The first-order valence-corrected chi connectivity index (χ1v) is 7.37. The molecule has 0 saturated heterocycles. The second-order valence-electron chi connectivity index (χ2n) is 4.67. The van der Waals surface area contributed by atoms with E-state index < -0.39 is 0 Å². The number of fused-ring (bicyclic) bond motifs is 1. The summed E-state index contributed by atoms with van der Waals surface area (Å²) in [6.07, 6.45) is 2.22. The van der Waals surface area contributed by atoms with Gasteiger partial charge in [0.2, 0.25) is 5.91 Å². The van der Waals surface area contributed by atoms with Crippen molar-refractivity contribution in [2.75, 3.05) is 11.9 Å². The van der Waals surface area contributed by atoms with Gasteiger partial charge in [0.05, 0.1) is 5.69 Å². The smallest absolute Gasteiger partial charge is 0.225 e. The zero-order chi connectivity index (χ0) is 13.9. The monoisotopic (exact) mass is 285 g/mol. The van der Waals surface area contributed by atoms with E-state index in [2.05, 4.69) is 11.9 Å². The maximum atomic E-state index is 11.8. The average Bonchev–Trinajstić information content (AvgIpc) is 2.93. The molecule has 0 spiro atoms. The molecule has 2 heterocycles. The van der Waals surface area contributed by atoms with Crippen molar-refractivity contribution in [3.63, 3.8) is 0 Å². The van der Waals surface area contributed by atoms with Crippen LogP contribution in [0.15, 0.2) is 48.4 Å². The van der Waals surface area contributed by atoms with Gasteiger partial charge in [-0.05, 0) is 29.1 Å². The zero-order valence-electron chi connectivity index (χ0n) is 11.0. The van der Waals surface area contributed by atoms with Crippen molar-refractivity contribution >= 4 is 22.9 Å². The lowest BCUT2D eigenvalue weighted by Gasteiger charge is -2.23. The third-order valence-corrected chi connectivity index (χ3v) is 4.36. The summed E-state index contributed by atoms with van der Waals surface area (Å²) in [4.78, 5) is 13.0. The second kappa shape index (κ2) is 5.51. The van der Waals surface area contributed by atoms with Crippen molar-refractivity contribution in [2.45, 2.75) is 12.3 Å². The Hall–Kier alpha value is -2.07. The Kier molecular flexibility index (Phi) is 3.56. The van der Waals surface area contributed by atoms with Gasteiger partial charge >= 0.3 is 0 Å². The van der Waals surface area contributed by atoms with Crippen LogP contribution < -0.4 is 10.1 Å². The molecule has 1 aromatic carbocycles. The molecule has 1 aliphatic heterocycles. The molecule has 20 heavy (non-hydrogen) atoms. The first kappa shape index (κ1) is 12.9. The van der Waals surface area contributed by atoms with Gasteiger partial charge in [0.15, 0.2) is 0 Å². The minimum absolute atomic E-state index is 0.0767. The largest absolute Gasteiger partial charge is 0.490 e. The summed E-state index contributed by atoms with van der Waals surface area (Å²) in [5.41, 5.74) is 2.10. The Morgan fingerprint density at radius 2 is 2.15 bits per heavy atom. The topological polar surface area (TPSA) is 38.3 Å². The standard InChI is InChI=1S/C16H15NO2S/c1-2-8-19-12-5-3-11(4-6-12)13-10-15(18)17-14-7-9-20-16(13)14/h2-7,9,13H,1,8,10H2,(H,17,18)/t13-/m1/s1. The summed E-state index contributed by atoms with van der Waals surface area (Å²) >= 11 is 1.69. The molecule has 3 nitrogen and oxygen atoms in total. The molecule has 3 rings (SSSR count). The number of hydrogen-bond acceptors (Lipinski definition) is 3. The molecule has 0 radical (unpaired) electrons. The summed E-state index contributed by atoms with van der Waals surface area (Å²) in [6, 6.07) is 9.92. The molecule has 1 aromatic heterocycles. The molecule has 4 heteroatoms. The molecule has 1 aliphatic rings. The van der Waals surface area contributed by atoms with E-state index in [-0.39, 0.29) is 11.8 Å². The van der Waals surface area contributed by atoms with Crippen LogP contribution in [0, 0.1) is 0 Å². The Balaban J connectivity index is 1.86. The number of nitrogens with one attached hydrogen (secondary N) is 1. The van der Waals surface area contributed by atoms with E-state index in [9.17, 15) is 4.79 Å². The Morgan fingerprint density at radius 1 is 1.35 bits per heavy atom. The highest BCUT2D eigenvalue weighted by Crippen LogP contribution is 2.40. The molecule has 1 atom stereocenters. The zero-order valence-corrected chi connectivity index (χ0v) is 11.8. The van der Waals surface area contributed by atoms with Gasteiger partial charge in [0.25, 0.3) is 0 Å². The summed E-state index contributed by atoms with van der Waals surface area (Å²) in [6.45, 7) is 4.13. The number of ether oxygens (including phenoxy) is 1. The van der Waals surface area contributed by atoms with Crippen LogP contribution >= 0.6 is 11.3 Å². The molecule has 0 bridgehead atoms. The highest BCUT2D eigenvalue weighted by Gasteiger charge is 2.27. The number of hydrogen-bond donors (Lipinski definition) is 1. The van der Waals surface area contributed by atoms with Crippen molar-refractivity contribution in [3.8, 4) is 5.75 Å². The summed E-state index contributed by atoms with van der Waals surface area (Å²) < 4.78 is 5.48. The maximum absolute atomic E-state index is 11.8. The van der Waals surface area contributed by atoms with Crippen LogP contribution in [0.4, 0.5) is 5.69 Å². The van der Waals surface area contributed by atoms with Crippen LogP contribution in [0.3, 0.4) is 0 Å². The van der Waals surface area contributed by atoms with Crippen molar-refractivity contribution in [1.29, 1.82) is 0 Å². The summed E-state index contributed by atoms with van der Waals surface area (Å²) in [5, 5.41) is 4.93. The Morgan fingerprint density at radius 3 is 2.90 bits per heavy atom. The molecule has 1 N–H and O–H groups in total. The molecule has 1 amide bonds. The van der Waals surface area contributed by atoms with E-state index in [1.54, 1.807) is 17.4 Å². The maximum Gasteiger partial charge on any atom is 0.225 e. The van der Waals surface area contributed by atoms with E-state index in [0.717, 1.165) is 17.0 Å². The number of amides is 1. The molecule has 0 unspecified atom stereocenters. The van der Waals surface area contributed by atoms with E-state index in [0.29, 0.717) is 13.0 Å². The van der Waals surface area contributed by atoms with Crippen LogP contribution in [0.25, 0.3) is 0 Å². The third-order valence-electron chi connectivity index (χ3n) is 3.33. The molecule has 102 valence electrons. The molecule has 0 saturated carbocycles. The molecular weight excluding hydrogens is 270 g/mol. The first-order valence-electron chi connectivity index (χ1n) is 6.49. The van der Waals surface area contributed by atoms with Crippen LogP contribution in [0.1, 0.15) is 22.8 Å². The van der Waals surface area contributed by atoms with Gasteiger partial charge in [-0.25, -0.2) is 0 Å². The lowest BCUT2D eigenvalue weighted by molar-refractivity contribution is -0.116. The van der Waals surface area contributed by atoms with Gasteiger partial charge in [0.1, 0.15) is 12.4 Å². The van der Waals surface area contributed by atoms with Gasteiger partial charge in [0, 0.05) is 17.2 Å². The minimum atomic E-state index is 0.0767. The van der Waals surface area contributed by atoms with Crippen LogP contribution in [-0.4, -0.2) is 12.5 Å². The predicted molar refractivity (Wildman–Crippen MR) is 81.5 cm³/mol. The van der Waals surface area contributed by atoms with E-state index in [1.165, 1.54) is 4.88 Å². The van der Waals surface area contributed by atoms with Crippen LogP contribution in [0.2, 0.25) is 0 Å².